The largest absolute Gasteiger partial charge is 0.497 e. The number of nitrogens with one attached hydrogen (secondary N) is 2. The van der Waals surface area contributed by atoms with E-state index in [0.717, 1.165) is 26.2 Å². The van der Waals surface area contributed by atoms with Gasteiger partial charge in [0.1, 0.15) is 5.75 Å². The monoisotopic (exact) mass is 392 g/mol. The summed E-state index contributed by atoms with van der Waals surface area (Å²) in [4.78, 5) is 27.8. The van der Waals surface area contributed by atoms with E-state index in [9.17, 15) is 9.59 Å². The number of amides is 2. The molecule has 0 aliphatic carbocycles. The number of anilines is 1. The molecule has 1 fully saturated rings. The fourth-order valence-electron chi connectivity index (χ4n) is 2.39. The van der Waals surface area contributed by atoms with E-state index in [1.165, 1.54) is 4.90 Å². The highest BCUT2D eigenvalue weighted by atomic mass is 35.5. The van der Waals surface area contributed by atoms with Gasteiger partial charge in [0.25, 0.3) is 0 Å². The maximum absolute atomic E-state index is 12.2. The second-order valence-corrected chi connectivity index (χ2v) is 5.56. The highest BCUT2D eigenvalue weighted by molar-refractivity contribution is 5.94. The van der Waals surface area contributed by atoms with Crippen molar-refractivity contribution < 1.29 is 14.3 Å². The molecule has 0 bridgehead atoms. The molecule has 2 amide bonds. The van der Waals surface area contributed by atoms with Gasteiger partial charge in [-0.25, -0.2) is 0 Å². The van der Waals surface area contributed by atoms with Crippen LogP contribution in [0.5, 0.6) is 5.75 Å². The number of ether oxygens (including phenoxy) is 1. The first-order chi connectivity index (χ1) is 11.1. The first-order valence-corrected chi connectivity index (χ1v) is 7.69. The van der Waals surface area contributed by atoms with Gasteiger partial charge in [-0.3, -0.25) is 14.5 Å². The summed E-state index contributed by atoms with van der Waals surface area (Å²) in [5.41, 5.74) is 0.650. The van der Waals surface area contributed by atoms with Crippen LogP contribution in [0.1, 0.15) is 0 Å². The van der Waals surface area contributed by atoms with Crippen LogP contribution in [0.25, 0.3) is 0 Å². The van der Waals surface area contributed by atoms with Crippen molar-refractivity contribution in [2.24, 2.45) is 0 Å². The lowest BCUT2D eigenvalue weighted by atomic mass is 10.3. The summed E-state index contributed by atoms with van der Waals surface area (Å²) in [7, 11) is 3.22. The molecule has 1 aromatic carbocycles. The number of nitrogens with zero attached hydrogens (tertiary/aromatic N) is 2. The summed E-state index contributed by atoms with van der Waals surface area (Å²) in [6, 6.07) is 7.12. The Morgan fingerprint density at radius 2 is 1.96 bits per heavy atom. The van der Waals surface area contributed by atoms with E-state index in [1.807, 2.05) is 0 Å². The number of carbonyl (C=O) groups excluding carboxylic acids is 2. The fraction of sp³-hybridized carbons (Fsp3) is 0.500. The van der Waals surface area contributed by atoms with Crippen molar-refractivity contribution >= 4 is 42.3 Å². The molecule has 1 aliphatic rings. The molecule has 2 rings (SSSR count). The van der Waals surface area contributed by atoms with Crippen LogP contribution in [0, 0.1) is 0 Å². The highest BCUT2D eigenvalue weighted by Gasteiger charge is 2.18. The minimum absolute atomic E-state index is 0. The number of halogens is 2. The van der Waals surface area contributed by atoms with Gasteiger partial charge >= 0.3 is 0 Å². The van der Waals surface area contributed by atoms with Crippen LogP contribution in [0.4, 0.5) is 5.69 Å². The van der Waals surface area contributed by atoms with Crippen LogP contribution in [0.15, 0.2) is 24.3 Å². The number of hydrogen-bond donors (Lipinski definition) is 2. The summed E-state index contributed by atoms with van der Waals surface area (Å²) in [6.45, 7) is 3.89. The Hall–Kier alpha value is -1.54. The Kier molecular flexibility index (Phi) is 11.2. The Bertz CT molecular complexity index is 554. The van der Waals surface area contributed by atoms with Gasteiger partial charge in [0.2, 0.25) is 11.8 Å². The second-order valence-electron chi connectivity index (χ2n) is 5.56. The predicted molar refractivity (Wildman–Crippen MR) is 103 cm³/mol. The number of rotatable bonds is 6. The van der Waals surface area contributed by atoms with E-state index in [-0.39, 0.29) is 43.2 Å². The molecule has 1 heterocycles. The van der Waals surface area contributed by atoms with Gasteiger partial charge in [0.05, 0.1) is 20.2 Å². The minimum Gasteiger partial charge on any atom is -0.497 e. The van der Waals surface area contributed by atoms with Gasteiger partial charge in [0.15, 0.2) is 0 Å². The summed E-state index contributed by atoms with van der Waals surface area (Å²) >= 11 is 0. The first-order valence-electron chi connectivity index (χ1n) is 7.69. The molecule has 1 aromatic rings. The smallest absolute Gasteiger partial charge is 0.243 e. The molecule has 0 spiro atoms. The number of methoxy groups -OCH3 is 1. The van der Waals surface area contributed by atoms with Crippen molar-refractivity contribution in [2.45, 2.75) is 0 Å². The van der Waals surface area contributed by atoms with Crippen LogP contribution < -0.4 is 15.4 Å². The number of carbonyl (C=O) groups is 2. The van der Waals surface area contributed by atoms with E-state index in [1.54, 1.807) is 38.4 Å². The van der Waals surface area contributed by atoms with Crippen molar-refractivity contribution in [3.8, 4) is 5.75 Å². The zero-order valence-corrected chi connectivity index (χ0v) is 16.1. The van der Waals surface area contributed by atoms with E-state index in [2.05, 4.69) is 15.5 Å². The molecule has 2 N–H and O–H groups in total. The van der Waals surface area contributed by atoms with Crippen LogP contribution in [-0.2, 0) is 9.59 Å². The van der Waals surface area contributed by atoms with Gasteiger partial charge < -0.3 is 20.3 Å². The van der Waals surface area contributed by atoms with E-state index in [0.29, 0.717) is 18.0 Å². The summed E-state index contributed by atoms with van der Waals surface area (Å²) in [5, 5.41) is 6.01. The normalized spacial score (nSPS) is 13.8. The number of benzene rings is 1. The van der Waals surface area contributed by atoms with Crippen molar-refractivity contribution in [2.75, 3.05) is 58.7 Å². The zero-order chi connectivity index (χ0) is 16.7. The molecule has 142 valence electrons. The molecule has 25 heavy (non-hydrogen) atoms. The van der Waals surface area contributed by atoms with Gasteiger partial charge in [-0.1, -0.05) is 6.07 Å². The Balaban J connectivity index is 0.00000288. The summed E-state index contributed by atoms with van der Waals surface area (Å²) in [6.07, 6.45) is 0. The maximum atomic E-state index is 12.2. The standard InChI is InChI=1S/C16H24N4O3.2ClH/c1-19(16(22)12-20-8-6-17-7-9-20)11-15(21)18-13-4-3-5-14(10-13)23-2;;/h3-5,10,17H,6-9,11-12H2,1-2H3,(H,18,21);2*1H. The average molecular weight is 393 g/mol. The zero-order valence-electron chi connectivity index (χ0n) is 14.5. The maximum Gasteiger partial charge on any atom is 0.243 e. The average Bonchev–Trinajstić information content (AvgIpc) is 2.55. The molecule has 0 atom stereocenters. The molecule has 1 aliphatic heterocycles. The molecule has 7 nitrogen and oxygen atoms in total. The first kappa shape index (κ1) is 23.5. The Morgan fingerprint density at radius 3 is 2.60 bits per heavy atom. The van der Waals surface area contributed by atoms with Gasteiger partial charge in [0, 0.05) is 45.0 Å². The van der Waals surface area contributed by atoms with Gasteiger partial charge in [-0.05, 0) is 12.1 Å². The molecule has 1 saturated heterocycles. The van der Waals surface area contributed by atoms with Gasteiger partial charge in [-0.15, -0.1) is 24.8 Å². The third kappa shape index (κ3) is 7.92. The molecular weight excluding hydrogens is 367 g/mol. The molecule has 0 unspecified atom stereocenters. The van der Waals surface area contributed by atoms with Crippen molar-refractivity contribution in [3.05, 3.63) is 24.3 Å². The van der Waals surface area contributed by atoms with Crippen LogP contribution in [-0.4, -0.2) is 75.0 Å². The van der Waals surface area contributed by atoms with Crippen LogP contribution >= 0.6 is 24.8 Å². The minimum atomic E-state index is -0.227. The Morgan fingerprint density at radius 1 is 1.28 bits per heavy atom. The summed E-state index contributed by atoms with van der Waals surface area (Å²) in [5.74, 6) is 0.396. The van der Waals surface area contributed by atoms with Crippen LogP contribution in [0.2, 0.25) is 0 Å². The van der Waals surface area contributed by atoms with Crippen molar-refractivity contribution in [1.29, 1.82) is 0 Å². The lowest BCUT2D eigenvalue weighted by Gasteiger charge is -2.28. The van der Waals surface area contributed by atoms with E-state index in [4.69, 9.17) is 4.74 Å². The van der Waals surface area contributed by atoms with Crippen molar-refractivity contribution in [1.82, 2.24) is 15.1 Å². The molecule has 0 aromatic heterocycles. The fourth-order valence-corrected chi connectivity index (χ4v) is 2.39. The van der Waals surface area contributed by atoms with Gasteiger partial charge in [-0.2, -0.15) is 0 Å². The summed E-state index contributed by atoms with van der Waals surface area (Å²) < 4.78 is 5.11. The predicted octanol–water partition coefficient (Wildman–Crippen LogP) is 0.841. The molecule has 0 saturated carbocycles. The topological polar surface area (TPSA) is 73.9 Å². The number of piperazine rings is 1. The van der Waals surface area contributed by atoms with E-state index < -0.39 is 0 Å². The lowest BCUT2D eigenvalue weighted by Crippen LogP contribution is -2.48. The molecule has 9 heteroatoms. The molecule has 0 radical (unpaired) electrons. The van der Waals surface area contributed by atoms with Crippen LogP contribution in [0.3, 0.4) is 0 Å². The molecular formula is C16H26Cl2N4O3. The number of hydrogen-bond acceptors (Lipinski definition) is 5. The lowest BCUT2D eigenvalue weighted by molar-refractivity contribution is -0.134. The third-order valence-electron chi connectivity index (χ3n) is 3.73. The quantitative estimate of drug-likeness (QED) is 0.750. The third-order valence-corrected chi connectivity index (χ3v) is 3.73. The second kappa shape index (κ2) is 11.9. The Labute approximate surface area is 160 Å². The highest BCUT2D eigenvalue weighted by Crippen LogP contribution is 2.16. The van der Waals surface area contributed by atoms with E-state index >= 15 is 0 Å². The SMILES string of the molecule is COc1cccc(NC(=O)CN(C)C(=O)CN2CCNCC2)c1.Cl.Cl. The van der Waals surface area contributed by atoms with Crippen molar-refractivity contribution in [3.63, 3.8) is 0 Å². The number of likely N-dealkylation sites (N-methyl/N-ethyl adjacent to an activating group) is 1.